The Hall–Kier alpha value is -5.19. The highest BCUT2D eigenvalue weighted by atomic mass is 19.1. The molecular weight excluding hydrogens is 547 g/mol. The van der Waals surface area contributed by atoms with E-state index in [0.717, 1.165) is 45.7 Å². The van der Waals surface area contributed by atoms with Gasteiger partial charge in [0.05, 0.1) is 40.3 Å². The summed E-state index contributed by atoms with van der Waals surface area (Å²) in [6.45, 7) is 2.79. The van der Waals surface area contributed by atoms with Crippen LogP contribution in [-0.2, 0) is 23.2 Å². The van der Waals surface area contributed by atoms with Gasteiger partial charge in [-0.25, -0.2) is 4.39 Å². The number of nitrogens with one attached hydrogen (secondary N) is 1. The fraction of sp³-hybridized carbons (Fsp3) is 0.250. The number of nitrogens with zero attached hydrogens (tertiary/aromatic N) is 7. The molecular formula is C32H29FN8O2. The number of carbonyl (C=O) groups excluding carboxylic acids is 2. The molecule has 0 spiro atoms. The van der Waals surface area contributed by atoms with Crippen molar-refractivity contribution in [2.45, 2.75) is 32.2 Å². The molecule has 0 aliphatic carbocycles. The molecule has 10 nitrogen and oxygen atoms in total. The van der Waals surface area contributed by atoms with Crippen molar-refractivity contribution in [1.29, 1.82) is 0 Å². The van der Waals surface area contributed by atoms with E-state index in [2.05, 4.69) is 20.4 Å². The van der Waals surface area contributed by atoms with Crippen LogP contribution in [0, 0.1) is 5.82 Å². The number of aryl methyl sites for hydroxylation is 1. The Labute approximate surface area is 246 Å². The zero-order valence-corrected chi connectivity index (χ0v) is 23.8. The average molecular weight is 577 g/mol. The molecule has 1 fully saturated rings. The van der Waals surface area contributed by atoms with Crippen LogP contribution >= 0.6 is 0 Å². The van der Waals surface area contributed by atoms with Crippen LogP contribution in [-0.4, -0.2) is 59.3 Å². The van der Waals surface area contributed by atoms with Crippen molar-refractivity contribution in [3.63, 3.8) is 0 Å². The predicted molar refractivity (Wildman–Crippen MR) is 162 cm³/mol. The fourth-order valence-electron chi connectivity index (χ4n) is 6.17. The first-order valence-electron chi connectivity index (χ1n) is 14.2. The molecule has 7 rings (SSSR count). The van der Waals surface area contributed by atoms with Crippen molar-refractivity contribution < 1.29 is 14.0 Å². The maximum Gasteiger partial charge on any atom is 0.246 e. The summed E-state index contributed by atoms with van der Waals surface area (Å²) in [5, 5.41) is 14.6. The van der Waals surface area contributed by atoms with E-state index in [1.165, 1.54) is 6.07 Å². The number of benzene rings is 2. The summed E-state index contributed by atoms with van der Waals surface area (Å²) in [7, 11) is 1.83. The number of hydrogen-bond acceptors (Lipinski definition) is 6. The summed E-state index contributed by atoms with van der Waals surface area (Å²) in [6, 6.07) is 12.6. The van der Waals surface area contributed by atoms with Crippen molar-refractivity contribution in [3.8, 4) is 11.1 Å². The second kappa shape index (κ2) is 10.6. The van der Waals surface area contributed by atoms with Crippen molar-refractivity contribution in [2.75, 3.05) is 18.4 Å². The van der Waals surface area contributed by atoms with E-state index >= 15 is 4.39 Å². The van der Waals surface area contributed by atoms with E-state index in [1.807, 2.05) is 42.3 Å². The number of fused-ring (bicyclic) bond motifs is 3. The monoisotopic (exact) mass is 576 g/mol. The third kappa shape index (κ3) is 4.76. The molecule has 11 heteroatoms. The minimum Gasteiger partial charge on any atom is -0.343 e. The van der Waals surface area contributed by atoms with E-state index in [9.17, 15) is 9.59 Å². The molecule has 0 atom stereocenters. The van der Waals surface area contributed by atoms with Gasteiger partial charge in [0.1, 0.15) is 12.4 Å². The number of aromatic nitrogens is 6. The SMILES string of the molecule is CC(=O)N1CCC(c2nn(CC(=O)Nc3ccnc4cnccc34)c3cccc(-c4cc5c(cnn5C)cc4F)c23)CC1. The van der Waals surface area contributed by atoms with Crippen LogP contribution in [0.2, 0.25) is 0 Å². The molecule has 5 heterocycles. The summed E-state index contributed by atoms with van der Waals surface area (Å²) < 4.78 is 19.1. The molecule has 2 aromatic carbocycles. The Balaban J connectivity index is 1.31. The maximum absolute atomic E-state index is 15.7. The van der Waals surface area contributed by atoms with E-state index < -0.39 is 0 Å². The molecule has 0 radical (unpaired) electrons. The summed E-state index contributed by atoms with van der Waals surface area (Å²) in [5.41, 5.74) is 4.85. The maximum atomic E-state index is 15.7. The number of pyridine rings is 2. The standard InChI is InChI=1S/C32H29FN8O2/c1-19(42)40-12-8-20(9-13-40)32-31-22(24-15-29-21(14-25(24)33)16-36-39(29)2)4-3-5-28(31)41(38-32)18-30(43)37-26-7-11-35-27-17-34-10-6-23(26)27/h3-7,10-11,14-17,20H,8-9,12-13,18H2,1-2H3,(H,35,37,43). The van der Waals surface area contributed by atoms with Crippen LogP contribution in [0.4, 0.5) is 10.1 Å². The third-order valence-corrected chi connectivity index (χ3v) is 8.37. The van der Waals surface area contributed by atoms with Gasteiger partial charge in [0.15, 0.2) is 0 Å². The van der Waals surface area contributed by atoms with E-state index in [0.29, 0.717) is 35.4 Å². The number of carbonyl (C=O) groups is 2. The quantitative estimate of drug-likeness (QED) is 0.308. The van der Waals surface area contributed by atoms with Crippen molar-refractivity contribution in [1.82, 2.24) is 34.4 Å². The van der Waals surface area contributed by atoms with Crippen LogP contribution in [0.3, 0.4) is 0 Å². The fourth-order valence-corrected chi connectivity index (χ4v) is 6.17. The lowest BCUT2D eigenvalue weighted by atomic mass is 9.89. The van der Waals surface area contributed by atoms with Gasteiger partial charge in [0, 0.05) is 67.1 Å². The molecule has 1 aliphatic heterocycles. The Morgan fingerprint density at radius 2 is 1.86 bits per heavy atom. The van der Waals surface area contributed by atoms with Gasteiger partial charge in [-0.2, -0.15) is 10.2 Å². The molecule has 0 bridgehead atoms. The molecule has 1 saturated heterocycles. The second-order valence-electron chi connectivity index (χ2n) is 11.0. The van der Waals surface area contributed by atoms with Gasteiger partial charge < -0.3 is 10.2 Å². The Morgan fingerprint density at radius 3 is 2.67 bits per heavy atom. The number of amides is 2. The molecule has 1 aliphatic rings. The van der Waals surface area contributed by atoms with Crippen LogP contribution in [0.15, 0.2) is 67.3 Å². The number of halogens is 1. The third-order valence-electron chi connectivity index (χ3n) is 8.37. The number of piperidine rings is 1. The zero-order chi connectivity index (χ0) is 29.7. The topological polar surface area (TPSA) is 111 Å². The molecule has 43 heavy (non-hydrogen) atoms. The van der Waals surface area contributed by atoms with Gasteiger partial charge in [0.25, 0.3) is 0 Å². The van der Waals surface area contributed by atoms with Gasteiger partial charge in [-0.05, 0) is 48.7 Å². The summed E-state index contributed by atoms with van der Waals surface area (Å²) in [5.74, 6) is -0.504. The highest BCUT2D eigenvalue weighted by molar-refractivity contribution is 6.02. The lowest BCUT2D eigenvalue weighted by Crippen LogP contribution is -2.36. The summed E-state index contributed by atoms with van der Waals surface area (Å²) in [6.07, 6.45) is 8.05. The zero-order valence-electron chi connectivity index (χ0n) is 23.8. The van der Waals surface area contributed by atoms with Gasteiger partial charge in [0.2, 0.25) is 11.8 Å². The number of anilines is 1. The van der Waals surface area contributed by atoms with E-state index in [1.54, 1.807) is 47.1 Å². The highest BCUT2D eigenvalue weighted by Crippen LogP contribution is 2.40. The van der Waals surface area contributed by atoms with Gasteiger partial charge in [-0.1, -0.05) is 12.1 Å². The number of rotatable bonds is 5. The summed E-state index contributed by atoms with van der Waals surface area (Å²) in [4.78, 5) is 35.7. The Kier molecular flexibility index (Phi) is 6.56. The first kappa shape index (κ1) is 26.7. The molecule has 4 aromatic heterocycles. The molecule has 2 amide bonds. The van der Waals surface area contributed by atoms with Crippen molar-refractivity contribution in [2.24, 2.45) is 7.05 Å². The van der Waals surface area contributed by atoms with Crippen LogP contribution in [0.5, 0.6) is 0 Å². The number of hydrogen-bond donors (Lipinski definition) is 1. The second-order valence-corrected chi connectivity index (χ2v) is 11.0. The normalized spacial score (nSPS) is 14.2. The number of likely N-dealkylation sites (tertiary alicyclic amines) is 1. The van der Waals surface area contributed by atoms with E-state index in [-0.39, 0.29) is 30.1 Å². The smallest absolute Gasteiger partial charge is 0.246 e. The molecule has 0 saturated carbocycles. The molecule has 216 valence electrons. The van der Waals surface area contributed by atoms with Crippen LogP contribution in [0.25, 0.3) is 43.8 Å². The molecule has 0 unspecified atom stereocenters. The van der Waals surface area contributed by atoms with Gasteiger partial charge in [-0.3, -0.25) is 28.9 Å². The molecule has 1 N–H and O–H groups in total. The minimum atomic E-state index is -0.352. The van der Waals surface area contributed by atoms with Gasteiger partial charge >= 0.3 is 0 Å². The predicted octanol–water partition coefficient (Wildman–Crippen LogP) is 5.04. The van der Waals surface area contributed by atoms with Crippen LogP contribution in [0.1, 0.15) is 31.4 Å². The Morgan fingerprint density at radius 1 is 1.02 bits per heavy atom. The summed E-state index contributed by atoms with van der Waals surface area (Å²) >= 11 is 0. The van der Waals surface area contributed by atoms with Gasteiger partial charge in [-0.15, -0.1) is 0 Å². The minimum absolute atomic E-state index is 0.0373. The first-order chi connectivity index (χ1) is 20.9. The first-order valence-corrected chi connectivity index (χ1v) is 14.2. The van der Waals surface area contributed by atoms with E-state index in [4.69, 9.17) is 5.10 Å². The molecule has 6 aromatic rings. The highest BCUT2D eigenvalue weighted by Gasteiger charge is 2.28. The largest absolute Gasteiger partial charge is 0.343 e. The van der Waals surface area contributed by atoms with Crippen molar-refractivity contribution in [3.05, 3.63) is 78.8 Å². The lowest BCUT2D eigenvalue weighted by Gasteiger charge is -2.30. The van der Waals surface area contributed by atoms with Crippen molar-refractivity contribution >= 4 is 50.2 Å². The van der Waals surface area contributed by atoms with Crippen LogP contribution < -0.4 is 5.32 Å². The Bertz CT molecular complexity index is 2040. The lowest BCUT2D eigenvalue weighted by molar-refractivity contribution is -0.129. The average Bonchev–Trinajstić information content (AvgIpc) is 3.56.